The average Bonchev–Trinajstić information content (AvgIpc) is 2.60. The third kappa shape index (κ3) is 2.88. The average molecular weight is 168 g/mol. The number of aldehydes is 1. The minimum Gasteiger partial charge on any atom is -0.362 e. The van der Waals surface area contributed by atoms with Crippen LogP contribution in [0.1, 0.15) is 12.8 Å². The fourth-order valence-electron chi connectivity index (χ4n) is 0.814. The molecule has 2 atom stereocenters. The molecule has 0 saturated carbocycles. The number of ether oxygens (including phenoxy) is 1. The molecule has 0 spiro atoms. The number of rotatable bonds is 3. The van der Waals surface area contributed by atoms with E-state index in [9.17, 15) is 18.0 Å². The first kappa shape index (κ1) is 8.52. The quantitative estimate of drug-likeness (QED) is 0.469. The van der Waals surface area contributed by atoms with E-state index in [0.29, 0.717) is 6.29 Å². The highest BCUT2D eigenvalue weighted by Crippen LogP contribution is 2.30. The molecule has 0 radical (unpaired) electrons. The summed E-state index contributed by atoms with van der Waals surface area (Å²) in [6, 6.07) is 0. The Kier molecular flexibility index (Phi) is 2.17. The van der Waals surface area contributed by atoms with Crippen LogP contribution in [0.15, 0.2) is 0 Å². The van der Waals surface area contributed by atoms with Crippen LogP contribution < -0.4 is 0 Å². The van der Waals surface area contributed by atoms with Crippen molar-refractivity contribution >= 4 is 6.29 Å². The minimum absolute atomic E-state index is 0.104. The molecular weight excluding hydrogens is 161 g/mol. The highest BCUT2D eigenvalue weighted by atomic mass is 19.4. The summed E-state index contributed by atoms with van der Waals surface area (Å²) in [6.45, 7) is 0. The van der Waals surface area contributed by atoms with Crippen molar-refractivity contribution in [3.05, 3.63) is 0 Å². The third-order valence-electron chi connectivity index (χ3n) is 1.47. The van der Waals surface area contributed by atoms with Crippen molar-refractivity contribution < 1.29 is 22.7 Å². The molecule has 11 heavy (non-hydrogen) atoms. The SMILES string of the molecule is O=C[C@H]1OC1CCC(F)(F)F. The van der Waals surface area contributed by atoms with Crippen molar-refractivity contribution in [3.63, 3.8) is 0 Å². The van der Waals surface area contributed by atoms with Gasteiger partial charge in [-0.3, -0.25) is 0 Å². The zero-order valence-corrected chi connectivity index (χ0v) is 5.60. The number of epoxide rings is 1. The summed E-state index contributed by atoms with van der Waals surface area (Å²) in [5.41, 5.74) is 0. The zero-order chi connectivity index (χ0) is 8.48. The molecule has 0 aliphatic carbocycles. The minimum atomic E-state index is -4.14. The number of carbonyl (C=O) groups excluding carboxylic acids is 1. The van der Waals surface area contributed by atoms with Gasteiger partial charge in [0.1, 0.15) is 6.10 Å². The maximum Gasteiger partial charge on any atom is 0.389 e. The molecule has 0 aromatic carbocycles. The standard InChI is InChI=1S/C6H7F3O2/c7-6(8,9)2-1-4-5(3-10)11-4/h3-5H,1-2H2/t4?,5-/m1/s1. The number of carbonyl (C=O) groups is 1. The van der Waals surface area contributed by atoms with Crippen LogP contribution >= 0.6 is 0 Å². The monoisotopic (exact) mass is 168 g/mol. The Morgan fingerprint density at radius 3 is 2.45 bits per heavy atom. The molecule has 1 fully saturated rings. The molecule has 1 heterocycles. The lowest BCUT2D eigenvalue weighted by molar-refractivity contribution is -0.136. The maximum absolute atomic E-state index is 11.5. The second-order valence-corrected chi connectivity index (χ2v) is 2.43. The van der Waals surface area contributed by atoms with Gasteiger partial charge in [-0.05, 0) is 6.42 Å². The molecule has 64 valence electrons. The summed E-state index contributed by atoms with van der Waals surface area (Å²) >= 11 is 0. The normalized spacial score (nSPS) is 30.1. The molecule has 1 unspecified atom stereocenters. The fraction of sp³-hybridized carbons (Fsp3) is 0.833. The van der Waals surface area contributed by atoms with E-state index >= 15 is 0 Å². The predicted molar refractivity (Wildman–Crippen MR) is 30.0 cm³/mol. The number of halogens is 3. The topological polar surface area (TPSA) is 29.6 Å². The fourth-order valence-corrected chi connectivity index (χ4v) is 0.814. The van der Waals surface area contributed by atoms with Crippen LogP contribution in [0.4, 0.5) is 13.2 Å². The Labute approximate surface area is 61.3 Å². The molecule has 1 aliphatic heterocycles. The van der Waals surface area contributed by atoms with E-state index in [4.69, 9.17) is 0 Å². The highest BCUT2D eigenvalue weighted by molar-refractivity contribution is 5.60. The Morgan fingerprint density at radius 2 is 2.09 bits per heavy atom. The van der Waals surface area contributed by atoms with Gasteiger partial charge in [0.05, 0.1) is 6.10 Å². The van der Waals surface area contributed by atoms with Crippen molar-refractivity contribution in [2.45, 2.75) is 31.2 Å². The zero-order valence-electron chi connectivity index (χ0n) is 5.60. The number of alkyl halides is 3. The van der Waals surface area contributed by atoms with E-state index in [1.165, 1.54) is 0 Å². The molecule has 1 aliphatic rings. The van der Waals surface area contributed by atoms with Gasteiger partial charge in [0.15, 0.2) is 6.29 Å². The smallest absolute Gasteiger partial charge is 0.362 e. The van der Waals surface area contributed by atoms with Crippen molar-refractivity contribution in [2.24, 2.45) is 0 Å². The Balaban J connectivity index is 2.11. The predicted octanol–water partition coefficient (Wildman–Crippen LogP) is 1.30. The largest absolute Gasteiger partial charge is 0.389 e. The van der Waals surface area contributed by atoms with Gasteiger partial charge < -0.3 is 9.53 Å². The number of hydrogen-bond acceptors (Lipinski definition) is 2. The maximum atomic E-state index is 11.5. The van der Waals surface area contributed by atoms with E-state index in [2.05, 4.69) is 4.74 Å². The van der Waals surface area contributed by atoms with Crippen LogP contribution in [0.25, 0.3) is 0 Å². The van der Waals surface area contributed by atoms with Gasteiger partial charge in [-0.2, -0.15) is 13.2 Å². The summed E-state index contributed by atoms with van der Waals surface area (Å²) in [4.78, 5) is 9.90. The molecule has 0 bridgehead atoms. The van der Waals surface area contributed by atoms with Crippen molar-refractivity contribution in [3.8, 4) is 0 Å². The first-order valence-electron chi connectivity index (χ1n) is 3.20. The molecule has 5 heteroatoms. The second-order valence-electron chi connectivity index (χ2n) is 2.43. The third-order valence-corrected chi connectivity index (χ3v) is 1.47. The van der Waals surface area contributed by atoms with Gasteiger partial charge in [0, 0.05) is 6.42 Å². The van der Waals surface area contributed by atoms with E-state index in [-0.39, 0.29) is 6.42 Å². The van der Waals surface area contributed by atoms with E-state index in [1.807, 2.05) is 0 Å². The van der Waals surface area contributed by atoms with E-state index in [0.717, 1.165) is 0 Å². The lowest BCUT2D eigenvalue weighted by Crippen LogP contribution is -2.09. The molecule has 2 nitrogen and oxygen atoms in total. The summed E-state index contributed by atoms with van der Waals surface area (Å²) in [5.74, 6) is 0. The molecule has 0 amide bonds. The summed E-state index contributed by atoms with van der Waals surface area (Å²) < 4.78 is 39.2. The van der Waals surface area contributed by atoms with Crippen molar-refractivity contribution in [1.82, 2.24) is 0 Å². The van der Waals surface area contributed by atoms with Gasteiger partial charge in [0.2, 0.25) is 0 Å². The Bertz CT molecular complexity index is 154. The first-order valence-corrected chi connectivity index (χ1v) is 3.20. The molecule has 1 saturated heterocycles. The van der Waals surface area contributed by atoms with Crippen LogP contribution in [-0.2, 0) is 9.53 Å². The van der Waals surface area contributed by atoms with Gasteiger partial charge in [0.25, 0.3) is 0 Å². The van der Waals surface area contributed by atoms with E-state index in [1.54, 1.807) is 0 Å². The van der Waals surface area contributed by atoms with Crippen LogP contribution in [-0.4, -0.2) is 24.7 Å². The lowest BCUT2D eigenvalue weighted by Gasteiger charge is -2.02. The first-order chi connectivity index (χ1) is 5.03. The van der Waals surface area contributed by atoms with Crippen LogP contribution in [0.5, 0.6) is 0 Å². The van der Waals surface area contributed by atoms with Gasteiger partial charge in [-0.25, -0.2) is 0 Å². The van der Waals surface area contributed by atoms with Crippen LogP contribution in [0.2, 0.25) is 0 Å². The number of hydrogen-bond donors (Lipinski definition) is 0. The summed E-state index contributed by atoms with van der Waals surface area (Å²) in [6.07, 6.45) is -5.67. The van der Waals surface area contributed by atoms with E-state index < -0.39 is 24.8 Å². The molecule has 0 N–H and O–H groups in total. The Hall–Kier alpha value is -0.580. The van der Waals surface area contributed by atoms with Crippen molar-refractivity contribution in [1.29, 1.82) is 0 Å². The second kappa shape index (κ2) is 2.81. The summed E-state index contributed by atoms with van der Waals surface area (Å²) in [5, 5.41) is 0. The van der Waals surface area contributed by atoms with Gasteiger partial charge in [-0.15, -0.1) is 0 Å². The van der Waals surface area contributed by atoms with Crippen LogP contribution in [0.3, 0.4) is 0 Å². The molecular formula is C6H7F3O2. The van der Waals surface area contributed by atoms with Crippen LogP contribution in [0, 0.1) is 0 Å². The summed E-state index contributed by atoms with van der Waals surface area (Å²) in [7, 11) is 0. The van der Waals surface area contributed by atoms with Gasteiger partial charge in [-0.1, -0.05) is 0 Å². The molecule has 0 aromatic heterocycles. The highest BCUT2D eigenvalue weighted by Gasteiger charge is 2.41. The van der Waals surface area contributed by atoms with Crippen molar-refractivity contribution in [2.75, 3.05) is 0 Å². The van der Waals surface area contributed by atoms with Gasteiger partial charge >= 0.3 is 6.18 Å². The molecule has 0 aromatic rings. The lowest BCUT2D eigenvalue weighted by atomic mass is 10.2. The molecule has 1 rings (SSSR count). The Morgan fingerprint density at radius 1 is 1.45 bits per heavy atom.